The number of likely N-dealkylation sites (tertiary alicyclic amines) is 1. The zero-order valence-electron chi connectivity index (χ0n) is 15.4. The van der Waals surface area contributed by atoms with Gasteiger partial charge in [-0.1, -0.05) is 30.3 Å². The predicted octanol–water partition coefficient (Wildman–Crippen LogP) is 2.63. The molecule has 0 aliphatic carbocycles. The van der Waals surface area contributed by atoms with E-state index in [2.05, 4.69) is 34.5 Å². The molecule has 5 nitrogen and oxygen atoms in total. The summed E-state index contributed by atoms with van der Waals surface area (Å²) in [5.41, 5.74) is 3.29. The number of ether oxygens (including phenoxy) is 1. The molecule has 2 aromatic rings. The number of anilines is 1. The average Bonchev–Trinajstić information content (AvgIpc) is 2.69. The molecule has 4 rings (SSSR count). The minimum absolute atomic E-state index is 0.0643. The van der Waals surface area contributed by atoms with Crippen molar-refractivity contribution >= 4 is 11.6 Å². The Morgan fingerprint density at radius 2 is 2.00 bits per heavy atom. The van der Waals surface area contributed by atoms with Gasteiger partial charge in [0.25, 0.3) is 0 Å². The Morgan fingerprint density at radius 3 is 2.81 bits per heavy atom. The second-order valence-electron chi connectivity index (χ2n) is 7.42. The fourth-order valence-electron chi connectivity index (χ4n) is 3.86. The smallest absolute Gasteiger partial charge is 0.224 e. The maximum absolute atomic E-state index is 11.5. The van der Waals surface area contributed by atoms with Crippen LogP contribution < -0.4 is 10.1 Å². The molecule has 2 atom stereocenters. The summed E-state index contributed by atoms with van der Waals surface area (Å²) in [5.74, 6) is 0.834. The van der Waals surface area contributed by atoms with Crippen LogP contribution in [-0.2, 0) is 17.6 Å². The van der Waals surface area contributed by atoms with Gasteiger partial charge in [0.15, 0.2) is 0 Å². The second-order valence-corrected chi connectivity index (χ2v) is 7.42. The summed E-state index contributed by atoms with van der Waals surface area (Å²) in [6.07, 6.45) is 2.37. The van der Waals surface area contributed by atoms with Crippen molar-refractivity contribution in [1.29, 1.82) is 0 Å². The predicted molar refractivity (Wildman–Crippen MR) is 105 cm³/mol. The van der Waals surface area contributed by atoms with Gasteiger partial charge < -0.3 is 20.1 Å². The largest absolute Gasteiger partial charge is 0.488 e. The normalized spacial score (nSPS) is 22.8. The Hall–Kier alpha value is -2.37. The van der Waals surface area contributed by atoms with Crippen LogP contribution in [0.3, 0.4) is 0 Å². The van der Waals surface area contributed by atoms with Crippen molar-refractivity contribution in [3.05, 3.63) is 59.7 Å². The third-order valence-corrected chi connectivity index (χ3v) is 5.42. The Bertz CT molecular complexity index is 793. The molecule has 0 radical (unpaired) electrons. The number of fused-ring (bicyclic) bond motifs is 1. The fraction of sp³-hybridized carbons (Fsp3) is 0.409. The summed E-state index contributed by atoms with van der Waals surface area (Å²) >= 11 is 0. The molecule has 0 bridgehead atoms. The van der Waals surface area contributed by atoms with E-state index in [4.69, 9.17) is 4.74 Å². The molecule has 2 aromatic carbocycles. The molecule has 1 saturated heterocycles. The number of carbonyl (C=O) groups is 1. The maximum Gasteiger partial charge on any atom is 0.224 e. The van der Waals surface area contributed by atoms with Crippen molar-refractivity contribution in [3.63, 3.8) is 0 Å². The molecule has 2 heterocycles. The molecule has 2 aliphatic rings. The van der Waals surface area contributed by atoms with Crippen molar-refractivity contribution < 1.29 is 14.6 Å². The van der Waals surface area contributed by atoms with Gasteiger partial charge in [-0.15, -0.1) is 0 Å². The highest BCUT2D eigenvalue weighted by Gasteiger charge is 2.29. The minimum Gasteiger partial charge on any atom is -0.488 e. The Kier molecular flexibility index (Phi) is 5.41. The summed E-state index contributed by atoms with van der Waals surface area (Å²) in [6.45, 7) is 2.51. The van der Waals surface area contributed by atoms with Gasteiger partial charge in [0, 0.05) is 31.7 Å². The van der Waals surface area contributed by atoms with Crippen molar-refractivity contribution in [2.75, 3.05) is 25.0 Å². The number of hydrogen-bond acceptors (Lipinski definition) is 4. The van der Waals surface area contributed by atoms with E-state index in [9.17, 15) is 9.90 Å². The van der Waals surface area contributed by atoms with E-state index in [1.165, 1.54) is 5.56 Å². The fourth-order valence-corrected chi connectivity index (χ4v) is 3.86. The summed E-state index contributed by atoms with van der Waals surface area (Å²) in [5, 5.41) is 13.4. The number of aryl methyl sites for hydroxylation is 1. The van der Waals surface area contributed by atoms with Crippen LogP contribution in [0.25, 0.3) is 0 Å². The van der Waals surface area contributed by atoms with E-state index < -0.39 is 6.10 Å². The number of rotatable bonds is 5. The molecule has 2 aliphatic heterocycles. The van der Waals surface area contributed by atoms with Gasteiger partial charge in [-0.05, 0) is 48.6 Å². The van der Waals surface area contributed by atoms with E-state index in [1.54, 1.807) is 0 Å². The van der Waals surface area contributed by atoms with Crippen LogP contribution in [0.5, 0.6) is 5.75 Å². The molecule has 0 unspecified atom stereocenters. The van der Waals surface area contributed by atoms with Crippen molar-refractivity contribution in [2.24, 2.45) is 0 Å². The molecular formula is C22H26N2O3. The highest BCUT2D eigenvalue weighted by atomic mass is 16.5. The number of nitrogens with one attached hydrogen (secondary N) is 1. The summed E-state index contributed by atoms with van der Waals surface area (Å²) in [7, 11) is 0. The van der Waals surface area contributed by atoms with Gasteiger partial charge in [-0.2, -0.15) is 0 Å². The monoisotopic (exact) mass is 366 g/mol. The van der Waals surface area contributed by atoms with Gasteiger partial charge >= 0.3 is 0 Å². The van der Waals surface area contributed by atoms with Gasteiger partial charge in [0.05, 0.1) is 0 Å². The standard InChI is InChI=1S/C22H26N2O3/c25-20-15-24(12-10-16-4-2-1-3-5-16)13-11-21(20)27-18-7-8-19-17(14-18)6-9-22(26)23-19/h1-5,7-8,14,20-21,25H,6,9-13,15H2,(H,23,26)/t20-,21-/m1/s1. The van der Waals surface area contributed by atoms with Gasteiger partial charge in [0.1, 0.15) is 18.0 Å². The first-order chi connectivity index (χ1) is 13.2. The van der Waals surface area contributed by atoms with Crippen LogP contribution in [0.2, 0.25) is 0 Å². The number of aliphatic hydroxyl groups excluding tert-OH is 1. The SMILES string of the molecule is O=C1CCc2cc(O[C@@H]3CCN(CCc4ccccc4)C[C@H]3O)ccc2N1. The highest BCUT2D eigenvalue weighted by molar-refractivity contribution is 5.93. The lowest BCUT2D eigenvalue weighted by molar-refractivity contribution is -0.116. The van der Waals surface area contributed by atoms with Crippen molar-refractivity contribution in [1.82, 2.24) is 4.90 Å². The van der Waals surface area contributed by atoms with Crippen molar-refractivity contribution in [2.45, 2.75) is 37.9 Å². The lowest BCUT2D eigenvalue weighted by Gasteiger charge is -2.36. The third-order valence-electron chi connectivity index (χ3n) is 5.42. The molecule has 0 aromatic heterocycles. The molecule has 142 valence electrons. The second kappa shape index (κ2) is 8.11. The molecule has 1 fully saturated rings. The first-order valence-electron chi connectivity index (χ1n) is 9.71. The van der Waals surface area contributed by atoms with Crippen LogP contribution in [0, 0.1) is 0 Å². The Labute approximate surface area is 160 Å². The molecule has 0 spiro atoms. The van der Waals surface area contributed by atoms with E-state index in [1.807, 2.05) is 24.3 Å². The molecule has 2 N–H and O–H groups in total. The van der Waals surface area contributed by atoms with Crippen LogP contribution in [0.4, 0.5) is 5.69 Å². The van der Waals surface area contributed by atoms with Crippen LogP contribution >= 0.6 is 0 Å². The topological polar surface area (TPSA) is 61.8 Å². The molecule has 5 heteroatoms. The molecule has 27 heavy (non-hydrogen) atoms. The maximum atomic E-state index is 11.5. The summed E-state index contributed by atoms with van der Waals surface area (Å²) < 4.78 is 6.08. The summed E-state index contributed by atoms with van der Waals surface area (Å²) in [6, 6.07) is 16.2. The summed E-state index contributed by atoms with van der Waals surface area (Å²) in [4.78, 5) is 13.8. The van der Waals surface area contributed by atoms with Crippen LogP contribution in [0.1, 0.15) is 24.0 Å². The lowest BCUT2D eigenvalue weighted by Crippen LogP contribution is -2.49. The number of amides is 1. The number of carbonyl (C=O) groups excluding carboxylic acids is 1. The Morgan fingerprint density at radius 1 is 1.15 bits per heavy atom. The number of aliphatic hydroxyl groups is 1. The highest BCUT2D eigenvalue weighted by Crippen LogP contribution is 2.28. The van der Waals surface area contributed by atoms with Gasteiger partial charge in [-0.3, -0.25) is 4.79 Å². The number of nitrogens with zero attached hydrogens (tertiary/aromatic N) is 1. The quantitative estimate of drug-likeness (QED) is 0.854. The number of piperidine rings is 1. The zero-order valence-corrected chi connectivity index (χ0v) is 15.4. The third kappa shape index (κ3) is 4.49. The molecule has 1 amide bonds. The van der Waals surface area contributed by atoms with Crippen LogP contribution in [-0.4, -0.2) is 47.8 Å². The minimum atomic E-state index is -0.495. The number of benzene rings is 2. The lowest BCUT2D eigenvalue weighted by atomic mass is 10.0. The first-order valence-corrected chi connectivity index (χ1v) is 9.71. The van der Waals surface area contributed by atoms with Gasteiger partial charge in [-0.25, -0.2) is 0 Å². The van der Waals surface area contributed by atoms with E-state index in [-0.39, 0.29) is 12.0 Å². The van der Waals surface area contributed by atoms with Crippen LogP contribution in [0.15, 0.2) is 48.5 Å². The van der Waals surface area contributed by atoms with E-state index >= 15 is 0 Å². The Balaban J connectivity index is 1.30. The molecule has 0 saturated carbocycles. The zero-order chi connectivity index (χ0) is 18.6. The molecular weight excluding hydrogens is 340 g/mol. The number of β-amino-alcohol motifs (C(OH)–C–C–N with tert-alkyl or cyclic N) is 1. The van der Waals surface area contributed by atoms with Gasteiger partial charge in [0.2, 0.25) is 5.91 Å². The number of hydrogen-bond donors (Lipinski definition) is 2. The first kappa shape index (κ1) is 18.0. The van der Waals surface area contributed by atoms with E-state index in [0.29, 0.717) is 13.0 Å². The average molecular weight is 366 g/mol. The van der Waals surface area contributed by atoms with E-state index in [0.717, 1.165) is 49.4 Å². The van der Waals surface area contributed by atoms with Crippen molar-refractivity contribution in [3.8, 4) is 5.75 Å².